The number of hydrogen-bond donors (Lipinski definition) is 0. The number of aryl methyl sites for hydroxylation is 1. The number of benzene rings is 2. The molecule has 0 saturated heterocycles. The van der Waals surface area contributed by atoms with Crippen LogP contribution in [0.25, 0.3) is 33.3 Å². The molecule has 160 valence electrons. The van der Waals surface area contributed by atoms with Gasteiger partial charge in [0, 0.05) is 29.4 Å². The average molecular weight is 442 g/mol. The average Bonchev–Trinajstić information content (AvgIpc) is 2.73. The Morgan fingerprint density at radius 2 is 1.47 bits per heavy atom. The highest BCUT2D eigenvalue weighted by atomic mass is 19.4. The number of nitrogens with zero attached hydrogens (tertiary/aromatic N) is 2. The van der Waals surface area contributed by atoms with Gasteiger partial charge in [0.1, 0.15) is 11.6 Å². The maximum Gasteiger partial charge on any atom is 0.458 e. The zero-order chi connectivity index (χ0) is 23.0. The van der Waals surface area contributed by atoms with Crippen molar-refractivity contribution < 1.29 is 26.3 Å². The Hall–Kier alpha value is -3.86. The smallest absolute Gasteiger partial charge is 0.256 e. The predicted molar refractivity (Wildman–Crippen MR) is 108 cm³/mol. The minimum Gasteiger partial charge on any atom is -0.256 e. The molecule has 0 spiro atoms. The number of hydrogen-bond acceptors (Lipinski definition) is 2. The van der Waals surface area contributed by atoms with Crippen molar-refractivity contribution in [2.45, 2.75) is 13.1 Å². The van der Waals surface area contributed by atoms with Gasteiger partial charge < -0.3 is 0 Å². The van der Waals surface area contributed by atoms with E-state index in [1.807, 2.05) is 19.1 Å². The van der Waals surface area contributed by atoms with E-state index in [2.05, 4.69) is 9.97 Å². The van der Waals surface area contributed by atoms with Crippen molar-refractivity contribution in [2.75, 3.05) is 0 Å². The number of pyridine rings is 2. The molecule has 0 aliphatic rings. The maximum absolute atomic E-state index is 14.7. The van der Waals surface area contributed by atoms with Crippen molar-refractivity contribution in [1.29, 1.82) is 0 Å². The maximum atomic E-state index is 14.7. The van der Waals surface area contributed by atoms with Crippen molar-refractivity contribution >= 4 is 10.8 Å². The Labute approximate surface area is 178 Å². The largest absolute Gasteiger partial charge is 0.458 e. The third-order valence-electron chi connectivity index (χ3n) is 4.68. The molecule has 0 bridgehead atoms. The molecular weight excluding hydrogens is 430 g/mol. The molecule has 0 fully saturated rings. The van der Waals surface area contributed by atoms with Crippen LogP contribution in [0, 0.1) is 36.2 Å². The molecule has 0 saturated carbocycles. The van der Waals surface area contributed by atoms with Crippen LogP contribution in [0.15, 0.2) is 54.9 Å². The zero-order valence-corrected chi connectivity index (χ0v) is 16.4. The van der Waals surface area contributed by atoms with Crippen LogP contribution in [0.5, 0.6) is 0 Å². The fourth-order valence-corrected chi connectivity index (χ4v) is 3.16. The van der Waals surface area contributed by atoms with Gasteiger partial charge in [-0.05, 0) is 54.3 Å². The number of fused-ring (bicyclic) bond motifs is 1. The first-order valence-corrected chi connectivity index (χ1v) is 9.23. The lowest BCUT2D eigenvalue weighted by atomic mass is 10.00. The molecule has 2 aromatic heterocycles. The second-order valence-corrected chi connectivity index (χ2v) is 7.00. The molecule has 0 N–H and O–H groups in total. The second-order valence-electron chi connectivity index (χ2n) is 7.00. The molecule has 0 radical (unpaired) electrons. The summed E-state index contributed by atoms with van der Waals surface area (Å²) in [5.74, 6) is -1.69. The third kappa shape index (κ3) is 4.28. The summed E-state index contributed by atoms with van der Waals surface area (Å²) in [6, 6.07) is 10.1. The highest BCUT2D eigenvalue weighted by Crippen LogP contribution is 2.31. The summed E-state index contributed by atoms with van der Waals surface area (Å²) >= 11 is 0. The minimum absolute atomic E-state index is 0.168. The lowest BCUT2D eigenvalue weighted by Crippen LogP contribution is -2.03. The van der Waals surface area contributed by atoms with Gasteiger partial charge in [0.25, 0.3) is 0 Å². The fourth-order valence-electron chi connectivity index (χ4n) is 3.16. The van der Waals surface area contributed by atoms with Gasteiger partial charge in [0.2, 0.25) is 0 Å². The van der Waals surface area contributed by atoms with Crippen molar-refractivity contribution in [1.82, 2.24) is 9.97 Å². The topological polar surface area (TPSA) is 25.8 Å². The van der Waals surface area contributed by atoms with Gasteiger partial charge in [0.05, 0.1) is 22.3 Å². The van der Waals surface area contributed by atoms with E-state index in [4.69, 9.17) is 0 Å². The highest BCUT2D eigenvalue weighted by Gasteiger charge is 2.24. The van der Waals surface area contributed by atoms with Gasteiger partial charge in [-0.15, -0.1) is 0 Å². The van der Waals surface area contributed by atoms with Crippen LogP contribution < -0.4 is 0 Å². The Morgan fingerprint density at radius 3 is 2.09 bits per heavy atom. The van der Waals surface area contributed by atoms with E-state index in [1.165, 1.54) is 18.2 Å². The van der Waals surface area contributed by atoms with Crippen LogP contribution in [0.2, 0.25) is 0 Å². The van der Waals surface area contributed by atoms with Crippen LogP contribution in [-0.2, 0) is 0 Å². The van der Waals surface area contributed by atoms with Crippen LogP contribution in [0.3, 0.4) is 0 Å². The first kappa shape index (κ1) is 21.4. The number of aromatic nitrogens is 2. The normalized spacial score (nSPS) is 11.3. The van der Waals surface area contributed by atoms with Crippen LogP contribution in [0.1, 0.15) is 11.1 Å². The lowest BCUT2D eigenvalue weighted by Gasteiger charge is -2.09. The highest BCUT2D eigenvalue weighted by molar-refractivity contribution is 5.89. The van der Waals surface area contributed by atoms with E-state index in [0.29, 0.717) is 11.4 Å². The summed E-state index contributed by atoms with van der Waals surface area (Å²) in [4.78, 5) is 8.57. The summed E-state index contributed by atoms with van der Waals surface area (Å²) in [7, 11) is 0. The molecule has 4 aromatic rings. The van der Waals surface area contributed by atoms with E-state index in [9.17, 15) is 26.3 Å². The summed E-state index contributed by atoms with van der Waals surface area (Å²) in [5, 5.41) is -0.819. The molecule has 2 aromatic carbocycles. The molecule has 0 aliphatic carbocycles. The molecule has 0 amide bonds. The van der Waals surface area contributed by atoms with Gasteiger partial charge in [-0.2, -0.15) is 13.2 Å². The van der Waals surface area contributed by atoms with E-state index >= 15 is 0 Å². The second kappa shape index (κ2) is 8.00. The molecule has 0 atom stereocenters. The Bertz CT molecular complexity index is 1380. The van der Waals surface area contributed by atoms with Crippen LogP contribution >= 0.6 is 0 Å². The summed E-state index contributed by atoms with van der Waals surface area (Å²) < 4.78 is 80.4. The quantitative estimate of drug-likeness (QED) is 0.258. The van der Waals surface area contributed by atoms with Crippen molar-refractivity contribution in [3.05, 3.63) is 83.4 Å². The molecule has 4 rings (SSSR count). The number of alkyl halides is 3. The van der Waals surface area contributed by atoms with Gasteiger partial charge in [-0.1, -0.05) is 12.0 Å². The van der Waals surface area contributed by atoms with E-state index in [1.54, 1.807) is 18.3 Å². The molecule has 8 heteroatoms. The Kier molecular flexibility index (Phi) is 5.35. The molecule has 2 heterocycles. The predicted octanol–water partition coefficient (Wildman–Crippen LogP) is 6.60. The SMILES string of the molecule is Cc1ccc(-c2ccc(-c3cc(F)c4c(F)c(C#CC(F)(F)F)c(F)cc4c3)nc2)nc1. The zero-order valence-electron chi connectivity index (χ0n) is 16.4. The Morgan fingerprint density at radius 1 is 0.781 bits per heavy atom. The fraction of sp³-hybridized carbons (Fsp3) is 0.0833. The number of halogens is 6. The monoisotopic (exact) mass is 442 g/mol. The summed E-state index contributed by atoms with van der Waals surface area (Å²) in [6.45, 7) is 1.91. The van der Waals surface area contributed by atoms with E-state index in [0.717, 1.165) is 29.2 Å². The molecule has 0 aliphatic heterocycles. The first-order valence-electron chi connectivity index (χ1n) is 9.23. The van der Waals surface area contributed by atoms with E-state index in [-0.39, 0.29) is 10.9 Å². The summed E-state index contributed by atoms with van der Waals surface area (Å²) in [6.07, 6.45) is -1.70. The molecular formula is C24H12F6N2. The van der Waals surface area contributed by atoms with Crippen LogP contribution in [-0.4, -0.2) is 16.1 Å². The standard InChI is InChI=1S/C24H12F6N2/c1-13-2-4-20(31-11-13)14-3-5-21(32-12-14)15-8-16-10-18(25)17(6-7-24(28,29)30)23(27)22(16)19(26)9-15/h2-5,8-12H,1H3. The third-order valence-corrected chi connectivity index (χ3v) is 4.68. The number of rotatable bonds is 2. The molecule has 2 nitrogen and oxygen atoms in total. The first-order chi connectivity index (χ1) is 15.1. The van der Waals surface area contributed by atoms with Gasteiger partial charge in [-0.3, -0.25) is 9.97 Å². The molecule has 0 unspecified atom stereocenters. The minimum atomic E-state index is -4.94. The van der Waals surface area contributed by atoms with E-state index < -0.39 is 34.6 Å². The van der Waals surface area contributed by atoms with Crippen molar-refractivity contribution in [3.63, 3.8) is 0 Å². The van der Waals surface area contributed by atoms with Crippen molar-refractivity contribution in [2.24, 2.45) is 0 Å². The van der Waals surface area contributed by atoms with Crippen molar-refractivity contribution in [3.8, 4) is 34.4 Å². The van der Waals surface area contributed by atoms with Gasteiger partial charge in [0.15, 0.2) is 5.82 Å². The van der Waals surface area contributed by atoms with Crippen LogP contribution in [0.4, 0.5) is 26.3 Å². The summed E-state index contributed by atoms with van der Waals surface area (Å²) in [5.41, 5.74) is 1.84. The van der Waals surface area contributed by atoms with Gasteiger partial charge >= 0.3 is 6.18 Å². The Balaban J connectivity index is 1.76. The molecule has 32 heavy (non-hydrogen) atoms. The van der Waals surface area contributed by atoms with Gasteiger partial charge in [-0.25, -0.2) is 13.2 Å². The lowest BCUT2D eigenvalue weighted by molar-refractivity contribution is -0.0696.